The first kappa shape index (κ1) is 6.43. The molecular formula is C6H12OS. The Morgan fingerprint density at radius 3 is 2.75 bits per heavy atom. The van der Waals surface area contributed by atoms with Crippen LogP contribution in [0.2, 0.25) is 0 Å². The topological polar surface area (TPSA) is 9.23 Å². The molecule has 1 unspecified atom stereocenters. The first-order valence-electron chi connectivity index (χ1n) is 3.08. The van der Waals surface area contributed by atoms with Gasteiger partial charge in [-0.15, -0.1) is 0 Å². The maximum atomic E-state index is 5.30. The van der Waals surface area contributed by atoms with Crippen LogP contribution in [0, 0.1) is 0 Å². The molecular weight excluding hydrogens is 120 g/mol. The minimum Gasteiger partial charge on any atom is -0.378 e. The van der Waals surface area contributed by atoms with E-state index in [1.807, 2.05) is 0 Å². The van der Waals surface area contributed by atoms with Crippen LogP contribution in [0.25, 0.3) is 0 Å². The van der Waals surface area contributed by atoms with Gasteiger partial charge in [0, 0.05) is 11.9 Å². The fourth-order valence-electron chi connectivity index (χ4n) is 0.974. The van der Waals surface area contributed by atoms with E-state index < -0.39 is 0 Å². The third kappa shape index (κ3) is 1.67. The van der Waals surface area contributed by atoms with Gasteiger partial charge in [-0.05, 0) is 19.8 Å². The molecule has 0 radical (unpaired) electrons. The number of ether oxygens (including phenoxy) is 1. The van der Waals surface area contributed by atoms with Gasteiger partial charge in [-0.25, -0.2) is 0 Å². The summed E-state index contributed by atoms with van der Waals surface area (Å²) in [6.45, 7) is 3.00. The molecule has 0 aromatic rings. The number of rotatable bonds is 0. The average Bonchev–Trinajstić information content (AvgIpc) is 1.64. The Balaban J connectivity index is 2.23. The summed E-state index contributed by atoms with van der Waals surface area (Å²) >= 11 is 4.34. The van der Waals surface area contributed by atoms with Crippen molar-refractivity contribution in [2.75, 3.05) is 6.61 Å². The summed E-state index contributed by atoms with van der Waals surface area (Å²) in [5.41, 5.74) is 0. The van der Waals surface area contributed by atoms with Crippen molar-refractivity contribution in [3.63, 3.8) is 0 Å². The van der Waals surface area contributed by atoms with Crippen molar-refractivity contribution >= 4 is 12.6 Å². The molecule has 2 atom stereocenters. The highest BCUT2D eigenvalue weighted by Crippen LogP contribution is 2.17. The second kappa shape index (κ2) is 2.74. The molecule has 1 saturated heterocycles. The third-order valence-electron chi connectivity index (χ3n) is 1.46. The minimum atomic E-state index is 0.436. The lowest BCUT2D eigenvalue weighted by Gasteiger charge is -2.23. The van der Waals surface area contributed by atoms with Gasteiger partial charge in [0.2, 0.25) is 0 Å². The Morgan fingerprint density at radius 1 is 1.62 bits per heavy atom. The highest BCUT2D eigenvalue weighted by Gasteiger charge is 2.14. The van der Waals surface area contributed by atoms with Crippen molar-refractivity contribution in [3.05, 3.63) is 0 Å². The van der Waals surface area contributed by atoms with Crippen molar-refractivity contribution in [1.82, 2.24) is 0 Å². The van der Waals surface area contributed by atoms with Gasteiger partial charge in [0.15, 0.2) is 0 Å². The number of thiol groups is 1. The van der Waals surface area contributed by atoms with Gasteiger partial charge in [-0.1, -0.05) is 0 Å². The predicted octanol–water partition coefficient (Wildman–Crippen LogP) is 1.48. The van der Waals surface area contributed by atoms with Gasteiger partial charge < -0.3 is 4.74 Å². The van der Waals surface area contributed by atoms with Gasteiger partial charge in [0.1, 0.15) is 0 Å². The molecule has 0 saturated carbocycles. The smallest absolute Gasteiger partial charge is 0.0557 e. The first-order chi connectivity index (χ1) is 3.79. The summed E-state index contributed by atoms with van der Waals surface area (Å²) in [5.74, 6) is 0. The number of hydrogen-bond acceptors (Lipinski definition) is 2. The molecule has 0 aromatic heterocycles. The molecule has 1 aliphatic rings. The maximum absolute atomic E-state index is 5.30. The highest BCUT2D eigenvalue weighted by molar-refractivity contribution is 7.80. The molecule has 0 spiro atoms. The van der Waals surface area contributed by atoms with Crippen molar-refractivity contribution in [2.45, 2.75) is 31.1 Å². The monoisotopic (exact) mass is 132 g/mol. The SMILES string of the molecule is C[C@H]1CC(S)CCO1. The zero-order valence-corrected chi connectivity index (χ0v) is 6.03. The van der Waals surface area contributed by atoms with E-state index in [4.69, 9.17) is 4.74 Å². The van der Waals surface area contributed by atoms with Crippen LogP contribution in [0.4, 0.5) is 0 Å². The van der Waals surface area contributed by atoms with E-state index in [9.17, 15) is 0 Å². The zero-order chi connectivity index (χ0) is 5.98. The molecule has 0 aromatic carbocycles. The van der Waals surface area contributed by atoms with Gasteiger partial charge in [0.25, 0.3) is 0 Å². The first-order valence-corrected chi connectivity index (χ1v) is 3.60. The molecule has 1 heterocycles. The summed E-state index contributed by atoms with van der Waals surface area (Å²) in [6.07, 6.45) is 2.67. The van der Waals surface area contributed by atoms with Gasteiger partial charge >= 0.3 is 0 Å². The van der Waals surface area contributed by atoms with Crippen LogP contribution in [0.1, 0.15) is 19.8 Å². The molecule has 1 rings (SSSR count). The minimum absolute atomic E-state index is 0.436. The quantitative estimate of drug-likeness (QED) is 0.491. The van der Waals surface area contributed by atoms with Crippen LogP contribution in [-0.4, -0.2) is 18.0 Å². The van der Waals surface area contributed by atoms with Crippen LogP contribution in [0.3, 0.4) is 0 Å². The van der Waals surface area contributed by atoms with Crippen LogP contribution in [0.15, 0.2) is 0 Å². The fraction of sp³-hybridized carbons (Fsp3) is 1.00. The lowest BCUT2D eigenvalue weighted by molar-refractivity contribution is 0.0317. The Hall–Kier alpha value is 0.310. The highest BCUT2D eigenvalue weighted by atomic mass is 32.1. The molecule has 48 valence electrons. The van der Waals surface area contributed by atoms with Crippen LogP contribution < -0.4 is 0 Å². The van der Waals surface area contributed by atoms with E-state index in [0.717, 1.165) is 19.4 Å². The zero-order valence-electron chi connectivity index (χ0n) is 5.13. The second-order valence-corrected chi connectivity index (χ2v) is 3.09. The molecule has 2 heteroatoms. The largest absolute Gasteiger partial charge is 0.378 e. The van der Waals surface area contributed by atoms with Gasteiger partial charge in [-0.3, -0.25) is 0 Å². The van der Waals surface area contributed by atoms with E-state index in [-0.39, 0.29) is 0 Å². The van der Waals surface area contributed by atoms with Crippen molar-refractivity contribution < 1.29 is 4.74 Å². The standard InChI is InChI=1S/C6H12OS/c1-5-4-6(8)2-3-7-5/h5-6,8H,2-4H2,1H3/t5-,6?/m0/s1. The molecule has 0 bridgehead atoms. The van der Waals surface area contributed by atoms with Gasteiger partial charge in [0.05, 0.1) is 6.10 Å². The summed E-state index contributed by atoms with van der Waals surface area (Å²) in [5, 5.41) is 0.582. The molecule has 0 amide bonds. The van der Waals surface area contributed by atoms with E-state index in [1.54, 1.807) is 0 Å². The molecule has 1 nitrogen and oxygen atoms in total. The van der Waals surface area contributed by atoms with E-state index >= 15 is 0 Å². The Bertz CT molecular complexity index is 66.9. The van der Waals surface area contributed by atoms with Crippen molar-refractivity contribution in [3.8, 4) is 0 Å². The van der Waals surface area contributed by atoms with Gasteiger partial charge in [-0.2, -0.15) is 12.6 Å². The Labute approximate surface area is 55.8 Å². The van der Waals surface area contributed by atoms with Crippen molar-refractivity contribution in [1.29, 1.82) is 0 Å². The summed E-state index contributed by atoms with van der Waals surface area (Å²) in [4.78, 5) is 0. The lowest BCUT2D eigenvalue weighted by atomic mass is 10.1. The molecule has 0 aliphatic carbocycles. The third-order valence-corrected chi connectivity index (χ3v) is 1.93. The Morgan fingerprint density at radius 2 is 2.38 bits per heavy atom. The number of hydrogen-bond donors (Lipinski definition) is 1. The van der Waals surface area contributed by atoms with E-state index in [0.29, 0.717) is 11.4 Å². The summed E-state index contributed by atoms with van der Waals surface area (Å²) in [6, 6.07) is 0. The predicted molar refractivity (Wildman–Crippen MR) is 37.4 cm³/mol. The summed E-state index contributed by atoms with van der Waals surface area (Å²) < 4.78 is 5.30. The van der Waals surface area contributed by atoms with Crippen LogP contribution in [-0.2, 0) is 4.74 Å². The molecule has 1 aliphatic heterocycles. The molecule has 1 fully saturated rings. The molecule has 0 N–H and O–H groups in total. The normalized spacial score (nSPS) is 39.8. The maximum Gasteiger partial charge on any atom is 0.0557 e. The fourth-order valence-corrected chi connectivity index (χ4v) is 1.38. The van der Waals surface area contributed by atoms with Crippen molar-refractivity contribution in [2.24, 2.45) is 0 Å². The average molecular weight is 132 g/mol. The summed E-state index contributed by atoms with van der Waals surface area (Å²) in [7, 11) is 0. The Kier molecular flexibility index (Phi) is 2.20. The second-order valence-electron chi connectivity index (χ2n) is 2.36. The van der Waals surface area contributed by atoms with Crippen LogP contribution in [0.5, 0.6) is 0 Å². The van der Waals surface area contributed by atoms with E-state index in [1.165, 1.54) is 0 Å². The lowest BCUT2D eigenvalue weighted by Crippen LogP contribution is -2.22. The molecule has 8 heavy (non-hydrogen) atoms. The van der Waals surface area contributed by atoms with Crippen LogP contribution >= 0.6 is 12.6 Å². The van der Waals surface area contributed by atoms with E-state index in [2.05, 4.69) is 19.6 Å².